The molecule has 0 N–H and O–H groups in total. The van der Waals surface area contributed by atoms with Gasteiger partial charge in [-0.1, -0.05) is 78.5 Å². The third-order valence-electron chi connectivity index (χ3n) is 3.77. The third kappa shape index (κ3) is 2.62. The van der Waals surface area contributed by atoms with Crippen molar-refractivity contribution in [3.05, 3.63) is 94.2 Å². The maximum atomic E-state index is 5.05. The second kappa shape index (κ2) is 6.11. The van der Waals surface area contributed by atoms with E-state index in [2.05, 4.69) is 78.2 Å². The largest absolute Gasteiger partial charge is 0.268 e. The number of thiophene rings is 1. The van der Waals surface area contributed by atoms with E-state index in [0.717, 1.165) is 5.04 Å². The molecule has 0 radical (unpaired) electrons. The predicted molar refractivity (Wildman–Crippen MR) is 96.8 cm³/mol. The molecule has 22 heavy (non-hydrogen) atoms. The Labute approximate surface area is 138 Å². The highest BCUT2D eigenvalue weighted by molar-refractivity contribution is 8.15. The second-order valence-electron chi connectivity index (χ2n) is 5.21. The SMILES string of the molecule is c1ccc(C2=N[C@H](c3ccccc3)[C@@H](c3cccs3)S2)cc1. The molecule has 2 atom stereocenters. The maximum Gasteiger partial charge on any atom is 0.0992 e. The van der Waals surface area contributed by atoms with Gasteiger partial charge in [-0.3, -0.25) is 4.99 Å². The molecule has 1 nitrogen and oxygen atoms in total. The van der Waals surface area contributed by atoms with E-state index in [1.165, 1.54) is 16.0 Å². The Kier molecular flexibility index (Phi) is 3.83. The Bertz CT molecular complexity index is 764. The highest BCUT2D eigenvalue weighted by Crippen LogP contribution is 2.50. The van der Waals surface area contributed by atoms with Crippen molar-refractivity contribution in [3.8, 4) is 0 Å². The van der Waals surface area contributed by atoms with Crippen molar-refractivity contribution in [1.82, 2.24) is 0 Å². The van der Waals surface area contributed by atoms with E-state index in [4.69, 9.17) is 4.99 Å². The van der Waals surface area contributed by atoms with Crippen LogP contribution in [-0.2, 0) is 0 Å². The second-order valence-corrected chi connectivity index (χ2v) is 7.32. The normalized spacial score (nSPS) is 20.8. The lowest BCUT2D eigenvalue weighted by Gasteiger charge is -2.15. The van der Waals surface area contributed by atoms with Crippen LogP contribution in [-0.4, -0.2) is 5.04 Å². The van der Waals surface area contributed by atoms with Crippen LogP contribution in [0.15, 0.2) is 83.2 Å². The fraction of sp³-hybridized carbons (Fsp3) is 0.105. The standard InChI is InChI=1S/C19H15NS2/c1-3-8-14(9-4-1)17-18(16-12-7-13-21-16)22-19(20-17)15-10-5-2-6-11-15/h1-13,17-18H/t17-,18-/m1/s1. The number of hydrogen-bond donors (Lipinski definition) is 0. The van der Waals surface area contributed by atoms with E-state index < -0.39 is 0 Å². The van der Waals surface area contributed by atoms with E-state index in [-0.39, 0.29) is 6.04 Å². The van der Waals surface area contributed by atoms with E-state index in [9.17, 15) is 0 Å². The number of thioether (sulfide) groups is 1. The lowest BCUT2D eigenvalue weighted by Crippen LogP contribution is -2.00. The van der Waals surface area contributed by atoms with Crippen molar-refractivity contribution in [2.45, 2.75) is 11.3 Å². The molecule has 0 saturated carbocycles. The number of rotatable bonds is 3. The molecule has 0 spiro atoms. The van der Waals surface area contributed by atoms with Gasteiger partial charge in [0.1, 0.15) is 0 Å². The van der Waals surface area contributed by atoms with Gasteiger partial charge in [0.25, 0.3) is 0 Å². The smallest absolute Gasteiger partial charge is 0.0992 e. The lowest BCUT2D eigenvalue weighted by molar-refractivity contribution is 0.733. The Morgan fingerprint density at radius 2 is 1.50 bits per heavy atom. The molecule has 0 bridgehead atoms. The Morgan fingerprint density at radius 3 is 2.18 bits per heavy atom. The average Bonchev–Trinajstić information content (AvgIpc) is 3.26. The quantitative estimate of drug-likeness (QED) is 0.600. The average molecular weight is 321 g/mol. The first-order valence-corrected chi connectivity index (χ1v) is 9.06. The number of aliphatic imine (C=N–C) groups is 1. The minimum absolute atomic E-state index is 0.194. The van der Waals surface area contributed by atoms with Crippen LogP contribution in [0.4, 0.5) is 0 Å². The van der Waals surface area contributed by atoms with Crippen LogP contribution in [0, 0.1) is 0 Å². The Morgan fingerprint density at radius 1 is 0.773 bits per heavy atom. The molecule has 1 aliphatic heterocycles. The van der Waals surface area contributed by atoms with Gasteiger partial charge in [0.15, 0.2) is 0 Å². The fourth-order valence-corrected chi connectivity index (χ4v) is 4.97. The summed E-state index contributed by atoms with van der Waals surface area (Å²) in [6.07, 6.45) is 0. The van der Waals surface area contributed by atoms with Gasteiger partial charge in [0.05, 0.1) is 16.3 Å². The third-order valence-corrected chi connectivity index (χ3v) is 6.20. The molecule has 4 rings (SSSR count). The van der Waals surface area contributed by atoms with E-state index in [0.29, 0.717) is 5.25 Å². The van der Waals surface area contributed by atoms with Crippen molar-refractivity contribution in [1.29, 1.82) is 0 Å². The van der Waals surface area contributed by atoms with Crippen LogP contribution < -0.4 is 0 Å². The zero-order chi connectivity index (χ0) is 14.8. The molecule has 108 valence electrons. The molecular weight excluding hydrogens is 306 g/mol. The van der Waals surface area contributed by atoms with Crippen LogP contribution in [0.1, 0.15) is 27.3 Å². The van der Waals surface area contributed by atoms with Crippen molar-refractivity contribution in [3.63, 3.8) is 0 Å². The Balaban J connectivity index is 1.75. The highest BCUT2D eigenvalue weighted by Gasteiger charge is 2.33. The summed E-state index contributed by atoms with van der Waals surface area (Å²) in [4.78, 5) is 6.45. The summed E-state index contributed by atoms with van der Waals surface area (Å²) in [6, 6.07) is 25.7. The van der Waals surface area contributed by atoms with Crippen LogP contribution in [0.25, 0.3) is 0 Å². The van der Waals surface area contributed by atoms with Gasteiger partial charge < -0.3 is 0 Å². The zero-order valence-corrected chi connectivity index (χ0v) is 13.6. The van der Waals surface area contributed by atoms with Crippen LogP contribution in [0.5, 0.6) is 0 Å². The highest BCUT2D eigenvalue weighted by atomic mass is 32.2. The molecular formula is C19H15NS2. The predicted octanol–water partition coefficient (Wildman–Crippen LogP) is 5.72. The summed E-state index contributed by atoms with van der Waals surface area (Å²) < 4.78 is 0. The molecule has 1 aromatic heterocycles. The van der Waals surface area contributed by atoms with Gasteiger partial charge in [0.2, 0.25) is 0 Å². The van der Waals surface area contributed by atoms with Crippen LogP contribution >= 0.6 is 23.1 Å². The Hall–Kier alpha value is -1.84. The molecule has 0 saturated heterocycles. The van der Waals surface area contributed by atoms with Crippen LogP contribution in [0.2, 0.25) is 0 Å². The van der Waals surface area contributed by atoms with E-state index >= 15 is 0 Å². The van der Waals surface area contributed by atoms with E-state index in [1.807, 2.05) is 23.1 Å². The number of nitrogens with zero attached hydrogens (tertiary/aromatic N) is 1. The summed E-state index contributed by atoms with van der Waals surface area (Å²) in [6.45, 7) is 0. The maximum absolute atomic E-state index is 5.05. The molecule has 1 aliphatic rings. The minimum Gasteiger partial charge on any atom is -0.268 e. The summed E-state index contributed by atoms with van der Waals surface area (Å²) in [5.74, 6) is 0. The molecule has 0 unspecified atom stereocenters. The summed E-state index contributed by atoms with van der Waals surface area (Å²) in [5, 5.41) is 3.67. The molecule has 0 aliphatic carbocycles. The van der Waals surface area contributed by atoms with Gasteiger partial charge in [-0.15, -0.1) is 11.3 Å². The summed E-state index contributed by atoms with van der Waals surface area (Å²) in [7, 11) is 0. The first-order chi connectivity index (χ1) is 10.9. The molecule has 2 heterocycles. The summed E-state index contributed by atoms with van der Waals surface area (Å²) in [5.41, 5.74) is 2.51. The van der Waals surface area contributed by atoms with E-state index in [1.54, 1.807) is 0 Å². The summed E-state index contributed by atoms with van der Waals surface area (Å²) >= 11 is 3.71. The van der Waals surface area contributed by atoms with Crippen molar-refractivity contribution >= 4 is 28.1 Å². The van der Waals surface area contributed by atoms with Crippen molar-refractivity contribution in [2.75, 3.05) is 0 Å². The van der Waals surface area contributed by atoms with Gasteiger partial charge in [-0.05, 0) is 17.0 Å². The molecule has 3 heteroatoms. The monoisotopic (exact) mass is 321 g/mol. The molecule has 0 amide bonds. The number of benzene rings is 2. The molecule has 0 fully saturated rings. The molecule has 3 aromatic rings. The first kappa shape index (κ1) is 13.8. The lowest BCUT2D eigenvalue weighted by atomic mass is 10.0. The van der Waals surface area contributed by atoms with Gasteiger partial charge in [-0.25, -0.2) is 0 Å². The van der Waals surface area contributed by atoms with Crippen molar-refractivity contribution < 1.29 is 0 Å². The minimum atomic E-state index is 0.194. The van der Waals surface area contributed by atoms with Gasteiger partial charge in [0, 0.05) is 10.4 Å². The zero-order valence-electron chi connectivity index (χ0n) is 11.9. The first-order valence-electron chi connectivity index (χ1n) is 7.30. The molecule has 2 aromatic carbocycles. The number of hydrogen-bond acceptors (Lipinski definition) is 3. The van der Waals surface area contributed by atoms with Gasteiger partial charge >= 0.3 is 0 Å². The topological polar surface area (TPSA) is 12.4 Å². The van der Waals surface area contributed by atoms with Gasteiger partial charge in [-0.2, -0.15) is 0 Å². The fourth-order valence-electron chi connectivity index (χ4n) is 2.70. The van der Waals surface area contributed by atoms with Crippen molar-refractivity contribution in [2.24, 2.45) is 4.99 Å². The van der Waals surface area contributed by atoms with Crippen LogP contribution in [0.3, 0.4) is 0 Å².